The van der Waals surface area contributed by atoms with Crippen LogP contribution in [-0.4, -0.2) is 18.4 Å². The van der Waals surface area contributed by atoms with E-state index < -0.39 is 0 Å². The number of rotatable bonds is 8. The zero-order valence-corrected chi connectivity index (χ0v) is 14.5. The van der Waals surface area contributed by atoms with Crippen LogP contribution >= 0.6 is 11.3 Å². The summed E-state index contributed by atoms with van der Waals surface area (Å²) in [5.41, 5.74) is 0. The van der Waals surface area contributed by atoms with Crippen LogP contribution in [-0.2, 0) is 4.79 Å². The van der Waals surface area contributed by atoms with E-state index in [0.717, 1.165) is 13.0 Å². The number of hydrogen-bond donors (Lipinski definition) is 1. The number of carbonyl (C=O) groups is 1. The molecule has 1 unspecified atom stereocenters. The van der Waals surface area contributed by atoms with E-state index in [1.54, 1.807) is 6.92 Å². The third-order valence-corrected chi connectivity index (χ3v) is 5.14. The van der Waals surface area contributed by atoms with Gasteiger partial charge in [-0.2, -0.15) is 0 Å². The summed E-state index contributed by atoms with van der Waals surface area (Å²) in [6.07, 6.45) is 1.05. The number of hydrogen-bond acceptors (Lipinski definition) is 3. The van der Waals surface area contributed by atoms with Crippen molar-refractivity contribution in [1.29, 1.82) is 0 Å². The molecule has 0 aliphatic rings. The molecule has 0 amide bonds. The normalized spacial score (nSPS) is 16.1. The van der Waals surface area contributed by atoms with E-state index in [9.17, 15) is 4.79 Å². The van der Waals surface area contributed by atoms with Crippen LogP contribution in [0.2, 0.25) is 0 Å². The van der Waals surface area contributed by atoms with E-state index in [1.807, 2.05) is 18.3 Å². The average Bonchev–Trinajstić information content (AvgIpc) is 2.79. The lowest BCUT2D eigenvalue weighted by Gasteiger charge is -2.26. The Hall–Kier alpha value is -0.670. The van der Waals surface area contributed by atoms with Gasteiger partial charge in [-0.3, -0.25) is 4.79 Å². The van der Waals surface area contributed by atoms with Crippen LogP contribution in [0.5, 0.6) is 0 Å². The van der Waals surface area contributed by atoms with E-state index >= 15 is 0 Å². The van der Waals surface area contributed by atoms with Crippen molar-refractivity contribution < 1.29 is 4.79 Å². The first-order valence-corrected chi connectivity index (χ1v) is 8.43. The summed E-state index contributed by atoms with van der Waals surface area (Å²) >= 11 is 1.87. The number of ketones is 1. The predicted octanol–water partition coefficient (Wildman–Crippen LogP) is 4.39. The van der Waals surface area contributed by atoms with Gasteiger partial charge in [-0.1, -0.05) is 27.7 Å². The smallest absolute Gasteiger partial charge is 0.134 e. The Bertz CT molecular complexity index is 424. The molecule has 20 heavy (non-hydrogen) atoms. The van der Waals surface area contributed by atoms with Crippen molar-refractivity contribution in [3.63, 3.8) is 0 Å². The van der Waals surface area contributed by atoms with E-state index in [4.69, 9.17) is 0 Å². The summed E-state index contributed by atoms with van der Waals surface area (Å²) in [6.45, 7) is 13.5. The van der Waals surface area contributed by atoms with Gasteiger partial charge in [-0.25, -0.2) is 0 Å². The molecular formula is C17H29NOS. The van der Waals surface area contributed by atoms with E-state index in [2.05, 4.69) is 45.1 Å². The van der Waals surface area contributed by atoms with Crippen molar-refractivity contribution in [3.05, 3.63) is 21.9 Å². The van der Waals surface area contributed by atoms with Gasteiger partial charge in [0.2, 0.25) is 0 Å². The monoisotopic (exact) mass is 295 g/mol. The summed E-state index contributed by atoms with van der Waals surface area (Å²) < 4.78 is 0. The van der Waals surface area contributed by atoms with E-state index in [0.29, 0.717) is 11.8 Å². The second-order valence-electron chi connectivity index (χ2n) is 6.39. The highest BCUT2D eigenvalue weighted by Crippen LogP contribution is 2.24. The maximum Gasteiger partial charge on any atom is 0.134 e. The number of thiophene rings is 1. The number of nitrogens with one attached hydrogen (secondary N) is 1. The first-order chi connectivity index (χ1) is 9.31. The Morgan fingerprint density at radius 3 is 2.35 bits per heavy atom. The zero-order valence-electron chi connectivity index (χ0n) is 13.7. The molecule has 1 N–H and O–H groups in total. The third-order valence-electron chi connectivity index (χ3n) is 3.90. The summed E-state index contributed by atoms with van der Waals surface area (Å²) in [5, 5.41) is 3.63. The van der Waals surface area contributed by atoms with Crippen molar-refractivity contribution in [2.75, 3.05) is 6.54 Å². The van der Waals surface area contributed by atoms with Crippen molar-refractivity contribution in [2.45, 2.75) is 59.9 Å². The Morgan fingerprint density at radius 2 is 1.90 bits per heavy atom. The summed E-state index contributed by atoms with van der Waals surface area (Å²) in [5.74, 6) is 1.48. The fourth-order valence-electron chi connectivity index (χ4n) is 2.40. The molecule has 3 atom stereocenters. The Labute approximate surface area is 128 Å². The first kappa shape index (κ1) is 17.4. The Morgan fingerprint density at radius 1 is 1.25 bits per heavy atom. The maximum absolute atomic E-state index is 11.6. The van der Waals surface area contributed by atoms with Crippen molar-refractivity contribution in [3.8, 4) is 0 Å². The average molecular weight is 295 g/mol. The van der Waals surface area contributed by atoms with Crippen LogP contribution in [0.1, 0.15) is 56.7 Å². The molecule has 1 aromatic rings. The molecule has 3 heteroatoms. The van der Waals surface area contributed by atoms with Crippen LogP contribution in [0.4, 0.5) is 0 Å². The highest BCUT2D eigenvalue weighted by atomic mass is 32.1. The van der Waals surface area contributed by atoms with Gasteiger partial charge in [0.25, 0.3) is 0 Å². The van der Waals surface area contributed by atoms with Gasteiger partial charge in [0.15, 0.2) is 0 Å². The molecule has 0 aromatic carbocycles. The second-order valence-corrected chi connectivity index (χ2v) is 7.71. The number of Topliss-reactive ketones (excluding diaryl/α,β-unsaturated/α-hetero) is 1. The van der Waals surface area contributed by atoms with Crippen LogP contribution in [0.3, 0.4) is 0 Å². The molecule has 1 heterocycles. The fourth-order valence-corrected chi connectivity index (χ4v) is 3.33. The summed E-state index contributed by atoms with van der Waals surface area (Å²) in [4.78, 5) is 14.4. The predicted molar refractivity (Wildman–Crippen MR) is 88.6 cm³/mol. The standard InChI is InChI=1S/C17H29NOS/c1-11(2)9-16(14(5)15(6)19)18-10-12(3)17-8-7-13(4)20-17/h7-8,11-12,14,16,18H,9-10H2,1-6H3/t12-,14?,16-/m0/s1. The molecule has 1 aromatic heterocycles. The molecule has 0 bridgehead atoms. The second kappa shape index (κ2) is 7.94. The highest BCUT2D eigenvalue weighted by molar-refractivity contribution is 7.12. The molecule has 0 saturated heterocycles. The van der Waals surface area contributed by atoms with E-state index in [-0.39, 0.29) is 17.7 Å². The molecule has 0 aliphatic carbocycles. The number of aryl methyl sites for hydroxylation is 1. The van der Waals surface area contributed by atoms with Crippen LogP contribution in [0.15, 0.2) is 12.1 Å². The van der Waals surface area contributed by atoms with Crippen LogP contribution in [0.25, 0.3) is 0 Å². The van der Waals surface area contributed by atoms with Gasteiger partial charge in [0.1, 0.15) is 5.78 Å². The van der Waals surface area contributed by atoms with Crippen molar-refractivity contribution in [1.82, 2.24) is 5.32 Å². The lowest BCUT2D eigenvalue weighted by atomic mass is 9.90. The van der Waals surface area contributed by atoms with Gasteiger partial charge in [-0.15, -0.1) is 11.3 Å². The molecule has 0 spiro atoms. The van der Waals surface area contributed by atoms with Crippen LogP contribution < -0.4 is 5.32 Å². The fraction of sp³-hybridized carbons (Fsp3) is 0.706. The largest absolute Gasteiger partial charge is 0.313 e. The molecule has 1 rings (SSSR count). The molecule has 0 fully saturated rings. The third kappa shape index (κ3) is 5.37. The molecule has 2 nitrogen and oxygen atoms in total. The molecular weight excluding hydrogens is 266 g/mol. The van der Waals surface area contributed by atoms with Gasteiger partial charge < -0.3 is 5.32 Å². The van der Waals surface area contributed by atoms with Gasteiger partial charge in [-0.05, 0) is 38.3 Å². The quantitative estimate of drug-likeness (QED) is 0.770. The SMILES string of the molecule is CC(=O)C(C)[C@H](CC(C)C)NC[C@H](C)c1ccc(C)s1. The van der Waals surface area contributed by atoms with E-state index in [1.165, 1.54) is 9.75 Å². The molecule has 0 aliphatic heterocycles. The zero-order chi connectivity index (χ0) is 15.3. The minimum absolute atomic E-state index is 0.0923. The Balaban J connectivity index is 2.59. The molecule has 0 radical (unpaired) electrons. The van der Waals surface area contributed by atoms with Crippen molar-refractivity contribution in [2.24, 2.45) is 11.8 Å². The Kier molecular flexibility index (Phi) is 6.90. The minimum atomic E-state index is 0.0923. The minimum Gasteiger partial charge on any atom is -0.313 e. The topological polar surface area (TPSA) is 29.1 Å². The molecule has 114 valence electrons. The summed E-state index contributed by atoms with van der Waals surface area (Å²) in [6, 6.07) is 4.69. The van der Waals surface area contributed by atoms with Crippen molar-refractivity contribution >= 4 is 17.1 Å². The highest BCUT2D eigenvalue weighted by Gasteiger charge is 2.22. The summed E-state index contributed by atoms with van der Waals surface area (Å²) in [7, 11) is 0. The first-order valence-electron chi connectivity index (χ1n) is 7.61. The maximum atomic E-state index is 11.6. The lowest BCUT2D eigenvalue weighted by molar-refractivity contribution is -0.121. The van der Waals surface area contributed by atoms with Gasteiger partial charge in [0, 0.05) is 34.2 Å². The lowest BCUT2D eigenvalue weighted by Crippen LogP contribution is -2.40. The van der Waals surface area contributed by atoms with Crippen LogP contribution in [0, 0.1) is 18.8 Å². The van der Waals surface area contributed by atoms with Gasteiger partial charge >= 0.3 is 0 Å². The number of carbonyl (C=O) groups excluding carboxylic acids is 1. The molecule has 0 saturated carbocycles. The van der Waals surface area contributed by atoms with Gasteiger partial charge in [0.05, 0.1) is 0 Å².